The SMILES string of the molecule is C=CCNC(=O)C(C)Oc1cc(C(=O)O)ccc1OC. The van der Waals surface area contributed by atoms with E-state index in [-0.39, 0.29) is 17.2 Å². The molecule has 0 aromatic heterocycles. The van der Waals surface area contributed by atoms with Crippen LogP contribution in [-0.4, -0.2) is 36.7 Å². The first kappa shape index (κ1) is 15.6. The van der Waals surface area contributed by atoms with Crippen LogP contribution in [0, 0.1) is 0 Å². The highest BCUT2D eigenvalue weighted by Gasteiger charge is 2.17. The normalized spacial score (nSPS) is 11.3. The maximum atomic E-state index is 11.7. The Balaban J connectivity index is 2.88. The second-order valence-electron chi connectivity index (χ2n) is 3.96. The van der Waals surface area contributed by atoms with Gasteiger partial charge in [0.1, 0.15) is 0 Å². The van der Waals surface area contributed by atoms with E-state index in [1.165, 1.54) is 25.3 Å². The van der Waals surface area contributed by atoms with Crippen molar-refractivity contribution in [2.75, 3.05) is 13.7 Å². The zero-order chi connectivity index (χ0) is 15.1. The number of carboxylic acid groups (broad SMARTS) is 1. The Morgan fingerprint density at radius 1 is 1.45 bits per heavy atom. The van der Waals surface area contributed by atoms with E-state index in [0.717, 1.165) is 0 Å². The summed E-state index contributed by atoms with van der Waals surface area (Å²) in [5, 5.41) is 11.5. The monoisotopic (exact) mass is 279 g/mol. The molecule has 1 atom stereocenters. The van der Waals surface area contributed by atoms with Crippen LogP contribution in [0.1, 0.15) is 17.3 Å². The number of methoxy groups -OCH3 is 1. The number of benzene rings is 1. The third kappa shape index (κ3) is 4.01. The predicted molar refractivity (Wildman–Crippen MR) is 73.3 cm³/mol. The number of ether oxygens (including phenoxy) is 2. The lowest BCUT2D eigenvalue weighted by molar-refractivity contribution is -0.127. The first-order chi connectivity index (χ1) is 9.49. The molecule has 0 aliphatic rings. The standard InChI is InChI=1S/C14H17NO5/c1-4-7-15-13(16)9(2)20-12-8-10(14(17)18)5-6-11(12)19-3/h4-6,8-9H,1,7H2,2-3H3,(H,15,16)(H,17,18). The maximum Gasteiger partial charge on any atom is 0.335 e. The predicted octanol–water partition coefficient (Wildman–Crippen LogP) is 1.46. The van der Waals surface area contributed by atoms with Crippen molar-refractivity contribution in [1.29, 1.82) is 0 Å². The summed E-state index contributed by atoms with van der Waals surface area (Å²) < 4.78 is 10.5. The molecule has 1 amide bonds. The lowest BCUT2D eigenvalue weighted by Crippen LogP contribution is -2.36. The molecule has 2 N–H and O–H groups in total. The molecule has 0 radical (unpaired) electrons. The van der Waals surface area contributed by atoms with Crippen LogP contribution in [0.3, 0.4) is 0 Å². The van der Waals surface area contributed by atoms with Gasteiger partial charge in [0.15, 0.2) is 17.6 Å². The average Bonchev–Trinajstić information content (AvgIpc) is 2.44. The number of carboxylic acids is 1. The molecular formula is C14H17NO5. The Hall–Kier alpha value is -2.50. The topological polar surface area (TPSA) is 84.9 Å². The highest BCUT2D eigenvalue weighted by molar-refractivity contribution is 5.88. The van der Waals surface area contributed by atoms with Crippen molar-refractivity contribution in [2.45, 2.75) is 13.0 Å². The van der Waals surface area contributed by atoms with Gasteiger partial charge in [-0.1, -0.05) is 6.08 Å². The van der Waals surface area contributed by atoms with E-state index in [1.54, 1.807) is 13.0 Å². The minimum absolute atomic E-state index is 0.0551. The van der Waals surface area contributed by atoms with Crippen LogP contribution in [0.2, 0.25) is 0 Å². The highest BCUT2D eigenvalue weighted by Crippen LogP contribution is 2.29. The molecule has 0 saturated carbocycles. The van der Waals surface area contributed by atoms with Crippen molar-refractivity contribution >= 4 is 11.9 Å². The van der Waals surface area contributed by atoms with Crippen molar-refractivity contribution < 1.29 is 24.2 Å². The maximum absolute atomic E-state index is 11.7. The number of nitrogens with one attached hydrogen (secondary N) is 1. The fourth-order valence-corrected chi connectivity index (χ4v) is 1.46. The van der Waals surface area contributed by atoms with Gasteiger partial charge in [0.25, 0.3) is 5.91 Å². The van der Waals surface area contributed by atoms with Crippen LogP contribution < -0.4 is 14.8 Å². The lowest BCUT2D eigenvalue weighted by atomic mass is 10.2. The largest absolute Gasteiger partial charge is 0.493 e. The van der Waals surface area contributed by atoms with E-state index < -0.39 is 12.1 Å². The summed E-state index contributed by atoms with van der Waals surface area (Å²) in [6.45, 7) is 5.39. The number of aromatic carboxylic acids is 1. The molecule has 1 unspecified atom stereocenters. The molecule has 0 aliphatic carbocycles. The summed E-state index contributed by atoms with van der Waals surface area (Å²) in [5.41, 5.74) is 0.0551. The van der Waals surface area contributed by atoms with Gasteiger partial charge in [0, 0.05) is 6.54 Å². The number of carbonyl (C=O) groups is 2. The molecule has 6 heteroatoms. The lowest BCUT2D eigenvalue weighted by Gasteiger charge is -2.16. The van der Waals surface area contributed by atoms with Crippen molar-refractivity contribution in [3.8, 4) is 11.5 Å². The fraction of sp³-hybridized carbons (Fsp3) is 0.286. The van der Waals surface area contributed by atoms with E-state index in [4.69, 9.17) is 14.6 Å². The average molecular weight is 279 g/mol. The van der Waals surface area contributed by atoms with Gasteiger partial charge in [0.2, 0.25) is 0 Å². The molecule has 108 valence electrons. The van der Waals surface area contributed by atoms with Gasteiger partial charge < -0.3 is 19.9 Å². The van der Waals surface area contributed by atoms with Crippen LogP contribution in [0.15, 0.2) is 30.9 Å². The molecular weight excluding hydrogens is 262 g/mol. The molecule has 0 bridgehead atoms. The molecule has 0 spiro atoms. The van der Waals surface area contributed by atoms with Crippen LogP contribution in [0.5, 0.6) is 11.5 Å². The van der Waals surface area contributed by atoms with E-state index >= 15 is 0 Å². The Kier molecular flexibility index (Phi) is 5.58. The first-order valence-corrected chi connectivity index (χ1v) is 5.96. The van der Waals surface area contributed by atoms with Crippen molar-refractivity contribution in [3.63, 3.8) is 0 Å². The quantitative estimate of drug-likeness (QED) is 0.738. The number of rotatable bonds is 7. The van der Waals surface area contributed by atoms with Gasteiger partial charge in [-0.15, -0.1) is 6.58 Å². The summed E-state index contributed by atoms with van der Waals surface area (Å²) in [7, 11) is 1.44. The number of amides is 1. The zero-order valence-electron chi connectivity index (χ0n) is 11.4. The summed E-state index contributed by atoms with van der Waals surface area (Å²) >= 11 is 0. The smallest absolute Gasteiger partial charge is 0.335 e. The molecule has 1 aromatic carbocycles. The highest BCUT2D eigenvalue weighted by atomic mass is 16.5. The van der Waals surface area contributed by atoms with E-state index in [0.29, 0.717) is 12.3 Å². The van der Waals surface area contributed by atoms with E-state index in [9.17, 15) is 9.59 Å². The summed E-state index contributed by atoms with van der Waals surface area (Å²) in [6.07, 6.45) is 0.767. The Labute approximate surface area is 117 Å². The summed E-state index contributed by atoms with van der Waals surface area (Å²) in [5.74, 6) is -0.846. The Morgan fingerprint density at radius 2 is 2.15 bits per heavy atom. The van der Waals surface area contributed by atoms with E-state index in [2.05, 4.69) is 11.9 Å². The fourth-order valence-electron chi connectivity index (χ4n) is 1.46. The van der Waals surface area contributed by atoms with Gasteiger partial charge in [0.05, 0.1) is 12.7 Å². The third-order valence-electron chi connectivity index (χ3n) is 2.50. The molecule has 6 nitrogen and oxygen atoms in total. The second kappa shape index (κ2) is 7.18. The van der Waals surface area contributed by atoms with Gasteiger partial charge >= 0.3 is 5.97 Å². The molecule has 0 heterocycles. The van der Waals surface area contributed by atoms with Crippen molar-refractivity contribution in [1.82, 2.24) is 5.32 Å². The van der Waals surface area contributed by atoms with Crippen LogP contribution in [0.4, 0.5) is 0 Å². The van der Waals surface area contributed by atoms with Gasteiger partial charge in [-0.25, -0.2) is 4.79 Å². The summed E-state index contributed by atoms with van der Waals surface area (Å²) in [4.78, 5) is 22.6. The van der Waals surface area contributed by atoms with Crippen LogP contribution >= 0.6 is 0 Å². The Bertz CT molecular complexity index is 512. The minimum atomic E-state index is -1.08. The van der Waals surface area contributed by atoms with Crippen molar-refractivity contribution in [2.24, 2.45) is 0 Å². The number of carbonyl (C=O) groups excluding carboxylic acids is 1. The van der Waals surface area contributed by atoms with E-state index in [1.807, 2.05) is 0 Å². The number of hydrogen-bond acceptors (Lipinski definition) is 4. The zero-order valence-corrected chi connectivity index (χ0v) is 11.4. The first-order valence-electron chi connectivity index (χ1n) is 5.96. The van der Waals surface area contributed by atoms with Crippen LogP contribution in [-0.2, 0) is 4.79 Å². The van der Waals surface area contributed by atoms with Crippen molar-refractivity contribution in [3.05, 3.63) is 36.4 Å². The molecule has 1 aromatic rings. The molecule has 0 saturated heterocycles. The van der Waals surface area contributed by atoms with Gasteiger partial charge in [-0.2, -0.15) is 0 Å². The van der Waals surface area contributed by atoms with Gasteiger partial charge in [-0.3, -0.25) is 4.79 Å². The second-order valence-corrected chi connectivity index (χ2v) is 3.96. The molecule has 1 rings (SSSR count). The summed E-state index contributed by atoms with van der Waals surface area (Å²) in [6, 6.07) is 4.20. The third-order valence-corrected chi connectivity index (χ3v) is 2.50. The van der Waals surface area contributed by atoms with Crippen LogP contribution in [0.25, 0.3) is 0 Å². The molecule has 0 fully saturated rings. The molecule has 20 heavy (non-hydrogen) atoms. The minimum Gasteiger partial charge on any atom is -0.493 e. The number of hydrogen-bond donors (Lipinski definition) is 2. The van der Waals surface area contributed by atoms with Gasteiger partial charge in [-0.05, 0) is 25.1 Å². The molecule has 0 aliphatic heterocycles. The Morgan fingerprint density at radius 3 is 2.70 bits per heavy atom.